The van der Waals surface area contributed by atoms with E-state index in [0.29, 0.717) is 17.5 Å². The topological polar surface area (TPSA) is 71.0 Å². The lowest BCUT2D eigenvalue weighted by Crippen LogP contribution is -2.31. The number of halogens is 1. The van der Waals surface area contributed by atoms with Crippen LogP contribution in [0.4, 0.5) is 10.1 Å². The number of para-hydroxylation sites is 1. The van der Waals surface area contributed by atoms with E-state index in [1.54, 1.807) is 18.3 Å². The fraction of sp³-hybridized carbons (Fsp3) is 0.207. The van der Waals surface area contributed by atoms with Gasteiger partial charge in [0.15, 0.2) is 0 Å². The number of hydrogen-bond acceptors (Lipinski definition) is 5. The third-order valence-electron chi connectivity index (χ3n) is 6.45. The first kappa shape index (κ1) is 24.9. The first-order valence-electron chi connectivity index (χ1n) is 11.7. The van der Waals surface area contributed by atoms with E-state index in [2.05, 4.69) is 46.1 Å². The van der Waals surface area contributed by atoms with Crippen molar-refractivity contribution in [2.24, 2.45) is 5.10 Å². The van der Waals surface area contributed by atoms with E-state index in [4.69, 9.17) is 0 Å². The Bertz CT molecular complexity index is 1330. The van der Waals surface area contributed by atoms with Gasteiger partial charge in [0, 0.05) is 35.1 Å². The van der Waals surface area contributed by atoms with E-state index >= 15 is 0 Å². The van der Waals surface area contributed by atoms with E-state index in [1.165, 1.54) is 37.4 Å². The number of fused-ring (bicyclic) bond motifs is 1. The minimum Gasteiger partial charge on any atom is -0.465 e. The van der Waals surface area contributed by atoms with Crippen molar-refractivity contribution in [1.29, 1.82) is 0 Å². The SMILES string of the molecule is CCN1/C(=C\C=N\NC(=O)c2ccc(C(=O)OC)cc2)C(C)(Cc2cccc(F)c2)c2ccccc21. The number of carbonyl (C=O) groups excluding carboxylic acids is 2. The van der Waals surface area contributed by atoms with Crippen molar-refractivity contribution >= 4 is 23.8 Å². The molecule has 0 aromatic heterocycles. The monoisotopic (exact) mass is 485 g/mol. The molecule has 0 radical (unpaired) electrons. The predicted molar refractivity (Wildman–Crippen MR) is 139 cm³/mol. The highest BCUT2D eigenvalue weighted by molar-refractivity contribution is 5.96. The van der Waals surface area contributed by atoms with Crippen molar-refractivity contribution in [3.8, 4) is 0 Å². The lowest BCUT2D eigenvalue weighted by Gasteiger charge is -2.30. The van der Waals surface area contributed by atoms with Crippen LogP contribution in [0.15, 0.2) is 89.7 Å². The number of amides is 1. The molecule has 0 bridgehead atoms. The van der Waals surface area contributed by atoms with Crippen LogP contribution in [0.1, 0.15) is 45.7 Å². The van der Waals surface area contributed by atoms with Crippen molar-refractivity contribution in [1.82, 2.24) is 5.43 Å². The van der Waals surface area contributed by atoms with Gasteiger partial charge in [-0.15, -0.1) is 0 Å². The lowest BCUT2D eigenvalue weighted by atomic mass is 9.76. The quantitative estimate of drug-likeness (QED) is 0.282. The molecule has 3 aromatic carbocycles. The van der Waals surface area contributed by atoms with Crippen molar-refractivity contribution < 1.29 is 18.7 Å². The van der Waals surface area contributed by atoms with Gasteiger partial charge in [-0.25, -0.2) is 14.6 Å². The molecule has 1 amide bonds. The number of esters is 1. The average molecular weight is 486 g/mol. The zero-order chi connectivity index (χ0) is 25.7. The molecule has 0 fully saturated rings. The van der Waals surface area contributed by atoms with Crippen LogP contribution in [0.25, 0.3) is 0 Å². The maximum atomic E-state index is 13.9. The number of nitrogens with zero attached hydrogens (tertiary/aromatic N) is 2. The van der Waals surface area contributed by atoms with E-state index in [-0.39, 0.29) is 5.82 Å². The number of rotatable bonds is 7. The van der Waals surface area contributed by atoms with Gasteiger partial charge >= 0.3 is 5.97 Å². The van der Waals surface area contributed by atoms with Gasteiger partial charge in [0.25, 0.3) is 5.91 Å². The predicted octanol–water partition coefficient (Wildman–Crippen LogP) is 5.25. The molecule has 1 unspecified atom stereocenters. The normalized spacial score (nSPS) is 17.9. The summed E-state index contributed by atoms with van der Waals surface area (Å²) in [4.78, 5) is 26.3. The van der Waals surface area contributed by atoms with E-state index in [1.807, 2.05) is 24.3 Å². The van der Waals surface area contributed by atoms with Crippen LogP contribution >= 0.6 is 0 Å². The number of likely N-dealkylation sites (N-methyl/N-ethyl adjacent to an activating group) is 1. The van der Waals surface area contributed by atoms with E-state index in [9.17, 15) is 14.0 Å². The zero-order valence-electron chi connectivity index (χ0n) is 20.5. The molecule has 7 heteroatoms. The standard InChI is InChI=1S/C29H28FN3O3/c1-4-33-25-11-6-5-10-24(25)29(2,19-20-8-7-9-23(30)18-20)26(33)16-17-31-32-27(34)21-12-14-22(15-13-21)28(35)36-3/h5-18H,4,19H2,1-3H3,(H,32,34)/b26-16-,31-17+. The molecule has 0 aliphatic carbocycles. The fourth-order valence-electron chi connectivity index (χ4n) is 4.74. The van der Waals surface area contributed by atoms with Gasteiger partial charge in [-0.1, -0.05) is 30.3 Å². The lowest BCUT2D eigenvalue weighted by molar-refractivity contribution is 0.0600. The molecule has 1 N–H and O–H groups in total. The highest BCUT2D eigenvalue weighted by Crippen LogP contribution is 2.49. The summed E-state index contributed by atoms with van der Waals surface area (Å²) >= 11 is 0. The minimum atomic E-state index is -0.467. The maximum Gasteiger partial charge on any atom is 0.337 e. The van der Waals surface area contributed by atoms with Crippen LogP contribution < -0.4 is 10.3 Å². The summed E-state index contributed by atoms with van der Waals surface area (Å²) in [6, 6.07) is 21.0. The van der Waals surface area contributed by atoms with Crippen LogP contribution in [0.2, 0.25) is 0 Å². The largest absolute Gasteiger partial charge is 0.465 e. The van der Waals surface area contributed by atoms with Gasteiger partial charge in [-0.2, -0.15) is 5.10 Å². The Hall–Kier alpha value is -4.26. The van der Waals surface area contributed by atoms with Crippen LogP contribution in [0.3, 0.4) is 0 Å². The summed E-state index contributed by atoms with van der Waals surface area (Å²) in [7, 11) is 1.30. The van der Waals surface area contributed by atoms with E-state index in [0.717, 1.165) is 29.1 Å². The number of methoxy groups -OCH3 is 1. The summed E-state index contributed by atoms with van der Waals surface area (Å²) in [5.41, 5.74) is 7.01. The number of carbonyl (C=O) groups is 2. The maximum absolute atomic E-state index is 13.9. The molecule has 1 atom stereocenters. The number of benzene rings is 3. The fourth-order valence-corrected chi connectivity index (χ4v) is 4.74. The summed E-state index contributed by atoms with van der Waals surface area (Å²) < 4.78 is 18.6. The molecule has 0 saturated carbocycles. The number of nitrogens with one attached hydrogen (secondary N) is 1. The van der Waals surface area contributed by atoms with Crippen molar-refractivity contribution in [3.63, 3.8) is 0 Å². The highest BCUT2D eigenvalue weighted by atomic mass is 19.1. The summed E-state index contributed by atoms with van der Waals surface area (Å²) in [6.45, 7) is 4.97. The minimum absolute atomic E-state index is 0.260. The first-order chi connectivity index (χ1) is 17.4. The molecule has 1 aliphatic rings. The molecule has 0 saturated heterocycles. The summed E-state index contributed by atoms with van der Waals surface area (Å²) in [6.07, 6.45) is 4.06. The van der Waals surface area contributed by atoms with Crippen LogP contribution in [-0.2, 0) is 16.6 Å². The Morgan fingerprint density at radius 3 is 2.47 bits per heavy atom. The molecule has 4 rings (SSSR count). The van der Waals surface area contributed by atoms with Gasteiger partial charge in [-0.05, 0) is 79.9 Å². The molecular formula is C29H28FN3O3. The third-order valence-corrected chi connectivity index (χ3v) is 6.45. The van der Waals surface area contributed by atoms with Gasteiger partial charge in [-0.3, -0.25) is 4.79 Å². The van der Waals surface area contributed by atoms with Gasteiger partial charge in [0.2, 0.25) is 0 Å². The Balaban J connectivity index is 1.58. The Morgan fingerprint density at radius 2 is 1.78 bits per heavy atom. The molecule has 0 spiro atoms. The third kappa shape index (κ3) is 4.91. The summed E-state index contributed by atoms with van der Waals surface area (Å²) in [5.74, 6) is -1.12. The Kier molecular flexibility index (Phi) is 7.29. The van der Waals surface area contributed by atoms with Crippen molar-refractivity contribution in [3.05, 3.63) is 113 Å². The number of anilines is 1. The van der Waals surface area contributed by atoms with Crippen LogP contribution in [-0.4, -0.2) is 31.7 Å². The Labute approximate surface area is 210 Å². The highest BCUT2D eigenvalue weighted by Gasteiger charge is 2.42. The second-order valence-corrected chi connectivity index (χ2v) is 8.74. The number of hydrazone groups is 1. The van der Waals surface area contributed by atoms with Crippen molar-refractivity contribution in [2.45, 2.75) is 25.7 Å². The second-order valence-electron chi connectivity index (χ2n) is 8.74. The zero-order valence-corrected chi connectivity index (χ0v) is 20.5. The van der Waals surface area contributed by atoms with Gasteiger partial charge in [0.1, 0.15) is 5.82 Å². The van der Waals surface area contributed by atoms with E-state index < -0.39 is 17.3 Å². The molecule has 6 nitrogen and oxygen atoms in total. The van der Waals surface area contributed by atoms with Crippen molar-refractivity contribution in [2.75, 3.05) is 18.6 Å². The smallest absolute Gasteiger partial charge is 0.337 e. The number of ether oxygens (including phenoxy) is 1. The molecular weight excluding hydrogens is 457 g/mol. The number of hydrogen-bond donors (Lipinski definition) is 1. The van der Waals surface area contributed by atoms with Gasteiger partial charge < -0.3 is 9.64 Å². The van der Waals surface area contributed by atoms with Crippen LogP contribution in [0.5, 0.6) is 0 Å². The molecule has 36 heavy (non-hydrogen) atoms. The average Bonchev–Trinajstić information content (AvgIpc) is 3.13. The first-order valence-corrected chi connectivity index (χ1v) is 11.7. The van der Waals surface area contributed by atoms with Gasteiger partial charge in [0.05, 0.1) is 12.7 Å². The Morgan fingerprint density at radius 1 is 1.06 bits per heavy atom. The number of allylic oxidation sites excluding steroid dienone is 2. The molecule has 184 valence electrons. The van der Waals surface area contributed by atoms with Crippen LogP contribution in [0, 0.1) is 5.82 Å². The molecule has 1 aliphatic heterocycles. The molecule has 1 heterocycles. The molecule has 3 aromatic rings. The second kappa shape index (κ2) is 10.6. The summed E-state index contributed by atoms with van der Waals surface area (Å²) in [5, 5.41) is 4.12.